The number of amides is 2. The smallest absolute Gasteiger partial charge is 0.242 e. The van der Waals surface area contributed by atoms with E-state index >= 15 is 0 Å². The summed E-state index contributed by atoms with van der Waals surface area (Å²) in [6.45, 7) is 1.66. The van der Waals surface area contributed by atoms with Gasteiger partial charge in [0, 0.05) is 16.1 Å². The third kappa shape index (κ3) is 4.16. The van der Waals surface area contributed by atoms with Gasteiger partial charge in [0.05, 0.1) is 28.5 Å². The molecule has 0 fully saturated rings. The van der Waals surface area contributed by atoms with Crippen LogP contribution in [0.1, 0.15) is 6.92 Å². The number of nitriles is 2. The summed E-state index contributed by atoms with van der Waals surface area (Å²) in [5.74, 6) is -2.04. The summed E-state index contributed by atoms with van der Waals surface area (Å²) in [5, 5.41) is 23.9. The maximum absolute atomic E-state index is 12.0. The van der Waals surface area contributed by atoms with Crippen molar-refractivity contribution < 1.29 is 9.59 Å². The molecule has 0 aliphatic carbocycles. The van der Waals surface area contributed by atoms with Crippen molar-refractivity contribution in [2.24, 2.45) is 11.8 Å². The number of anilines is 1. The van der Waals surface area contributed by atoms with E-state index in [2.05, 4.69) is 26.6 Å². The molecule has 0 unspecified atom stereocenters. The van der Waals surface area contributed by atoms with Gasteiger partial charge in [0.15, 0.2) is 0 Å². The Morgan fingerprint density at radius 3 is 2.62 bits per heavy atom. The number of halogens is 1. The van der Waals surface area contributed by atoms with Crippen LogP contribution in [0, 0.1) is 34.5 Å². The van der Waals surface area contributed by atoms with Gasteiger partial charge in [-0.3, -0.25) is 9.59 Å². The van der Waals surface area contributed by atoms with Crippen LogP contribution in [0.25, 0.3) is 0 Å². The number of carbonyl (C=O) groups excluding carboxylic acids is 2. The number of thioether (sulfide) groups is 1. The fourth-order valence-corrected chi connectivity index (χ4v) is 3.33. The van der Waals surface area contributed by atoms with Crippen LogP contribution in [0.4, 0.5) is 5.69 Å². The summed E-state index contributed by atoms with van der Waals surface area (Å²) >= 11 is 4.39. The number of nitrogens with one attached hydrogen (secondary N) is 2. The third-order valence-electron chi connectivity index (χ3n) is 3.45. The maximum atomic E-state index is 12.0. The number of nitrogens with zero attached hydrogens (tertiary/aromatic N) is 2. The third-order valence-corrected chi connectivity index (χ3v) is 5.00. The predicted octanol–water partition coefficient (Wildman–Crippen LogP) is 2.76. The molecule has 1 aromatic carbocycles. The monoisotopic (exact) mass is 404 g/mol. The van der Waals surface area contributed by atoms with Crippen LogP contribution in [0.2, 0.25) is 0 Å². The second kappa shape index (κ2) is 8.00. The van der Waals surface area contributed by atoms with E-state index in [0.29, 0.717) is 16.3 Å². The van der Waals surface area contributed by atoms with Crippen molar-refractivity contribution in [3.63, 3.8) is 0 Å². The van der Waals surface area contributed by atoms with Gasteiger partial charge in [-0.1, -0.05) is 34.6 Å². The minimum atomic E-state index is -0.888. The Morgan fingerprint density at radius 1 is 1.38 bits per heavy atom. The van der Waals surface area contributed by atoms with Crippen LogP contribution < -0.4 is 10.6 Å². The SMILES string of the molecule is C[C@H]1C(C#N)=C(SCC(=O)Nc2ccc(Br)cc2)NC(=O)[C@@H]1C#N. The lowest BCUT2D eigenvalue weighted by Gasteiger charge is -2.25. The average molecular weight is 405 g/mol. The first-order valence-corrected chi connectivity index (χ1v) is 8.77. The average Bonchev–Trinajstić information content (AvgIpc) is 2.55. The molecule has 0 aromatic heterocycles. The molecular weight excluding hydrogens is 392 g/mol. The van der Waals surface area contributed by atoms with E-state index in [1.807, 2.05) is 24.3 Å². The lowest BCUT2D eigenvalue weighted by molar-refractivity contribution is -0.124. The topological polar surface area (TPSA) is 106 Å². The molecule has 0 spiro atoms. The summed E-state index contributed by atoms with van der Waals surface area (Å²) in [4.78, 5) is 23.9. The quantitative estimate of drug-likeness (QED) is 0.802. The summed E-state index contributed by atoms with van der Waals surface area (Å²) in [5.41, 5.74) is 0.978. The van der Waals surface area contributed by atoms with Crippen molar-refractivity contribution in [2.45, 2.75) is 6.92 Å². The van der Waals surface area contributed by atoms with E-state index in [0.717, 1.165) is 16.2 Å². The number of hydrogen-bond donors (Lipinski definition) is 2. The molecule has 1 aliphatic rings. The molecule has 24 heavy (non-hydrogen) atoms. The summed E-state index contributed by atoms with van der Waals surface area (Å²) < 4.78 is 0.907. The fourth-order valence-electron chi connectivity index (χ4n) is 2.16. The van der Waals surface area contributed by atoms with Crippen LogP contribution in [-0.2, 0) is 9.59 Å². The molecular formula is C16H13BrN4O2S. The Labute approximate surface area is 152 Å². The second-order valence-electron chi connectivity index (χ2n) is 5.08. The van der Waals surface area contributed by atoms with Crippen molar-refractivity contribution in [2.75, 3.05) is 11.1 Å². The summed E-state index contributed by atoms with van der Waals surface area (Å²) in [6.07, 6.45) is 0. The van der Waals surface area contributed by atoms with Gasteiger partial charge in [-0.05, 0) is 24.3 Å². The van der Waals surface area contributed by atoms with Crippen LogP contribution >= 0.6 is 27.7 Å². The van der Waals surface area contributed by atoms with Crippen molar-refractivity contribution in [1.29, 1.82) is 10.5 Å². The van der Waals surface area contributed by atoms with Gasteiger partial charge >= 0.3 is 0 Å². The summed E-state index contributed by atoms with van der Waals surface area (Å²) in [6, 6.07) is 11.1. The van der Waals surface area contributed by atoms with E-state index in [4.69, 9.17) is 5.26 Å². The fraction of sp³-hybridized carbons (Fsp3) is 0.250. The lowest BCUT2D eigenvalue weighted by Crippen LogP contribution is -2.39. The van der Waals surface area contributed by atoms with E-state index in [1.165, 1.54) is 0 Å². The highest BCUT2D eigenvalue weighted by atomic mass is 79.9. The first-order chi connectivity index (χ1) is 11.5. The zero-order chi connectivity index (χ0) is 17.7. The number of allylic oxidation sites excluding steroid dienone is 1. The van der Waals surface area contributed by atoms with E-state index in [-0.39, 0.29) is 11.7 Å². The standard InChI is InChI=1S/C16H13BrN4O2S/c1-9-12(6-18)15(23)21-16(13(9)7-19)24-8-14(22)20-11-4-2-10(17)3-5-11/h2-5,9,12H,8H2,1H3,(H,20,22)(H,21,23)/t9-,12-/m1/s1. The Balaban J connectivity index is 2.03. The van der Waals surface area contributed by atoms with Crippen LogP contribution in [0.15, 0.2) is 39.3 Å². The van der Waals surface area contributed by atoms with Gasteiger partial charge in [-0.15, -0.1) is 0 Å². The highest BCUT2D eigenvalue weighted by molar-refractivity contribution is 9.10. The predicted molar refractivity (Wildman–Crippen MR) is 94.3 cm³/mol. The molecule has 6 nitrogen and oxygen atoms in total. The van der Waals surface area contributed by atoms with Gasteiger partial charge in [-0.2, -0.15) is 10.5 Å². The largest absolute Gasteiger partial charge is 0.325 e. The van der Waals surface area contributed by atoms with Gasteiger partial charge in [0.1, 0.15) is 5.92 Å². The maximum Gasteiger partial charge on any atom is 0.242 e. The van der Waals surface area contributed by atoms with Gasteiger partial charge in [0.25, 0.3) is 0 Å². The normalized spacial score (nSPS) is 19.9. The van der Waals surface area contributed by atoms with E-state index in [1.54, 1.807) is 19.1 Å². The number of carbonyl (C=O) groups is 2. The molecule has 8 heteroatoms. The Hall–Kier alpha value is -2.29. The number of benzene rings is 1. The lowest BCUT2D eigenvalue weighted by atomic mass is 9.86. The molecule has 1 aliphatic heterocycles. The molecule has 2 rings (SSSR count). The molecule has 0 saturated heterocycles. The van der Waals surface area contributed by atoms with Gasteiger partial charge in [-0.25, -0.2) is 0 Å². The minimum Gasteiger partial charge on any atom is -0.325 e. The molecule has 2 atom stereocenters. The van der Waals surface area contributed by atoms with Crippen molar-refractivity contribution in [3.05, 3.63) is 39.3 Å². The Bertz CT molecular complexity index is 777. The Kier molecular flexibility index (Phi) is 6.02. The molecule has 1 heterocycles. The molecule has 2 amide bonds. The number of hydrogen-bond acceptors (Lipinski definition) is 5. The Morgan fingerprint density at radius 2 is 2.04 bits per heavy atom. The summed E-state index contributed by atoms with van der Waals surface area (Å²) in [7, 11) is 0. The highest BCUT2D eigenvalue weighted by Crippen LogP contribution is 2.31. The molecule has 0 bridgehead atoms. The van der Waals surface area contributed by atoms with E-state index in [9.17, 15) is 14.9 Å². The zero-order valence-electron chi connectivity index (χ0n) is 12.7. The highest BCUT2D eigenvalue weighted by Gasteiger charge is 2.35. The van der Waals surface area contributed by atoms with Gasteiger partial charge < -0.3 is 10.6 Å². The van der Waals surface area contributed by atoms with Crippen LogP contribution in [-0.4, -0.2) is 17.6 Å². The van der Waals surface area contributed by atoms with Crippen molar-refractivity contribution >= 4 is 45.2 Å². The zero-order valence-corrected chi connectivity index (χ0v) is 15.1. The van der Waals surface area contributed by atoms with Crippen molar-refractivity contribution in [1.82, 2.24) is 5.32 Å². The van der Waals surface area contributed by atoms with Crippen LogP contribution in [0.5, 0.6) is 0 Å². The number of rotatable bonds is 4. The second-order valence-corrected chi connectivity index (χ2v) is 6.98. The molecule has 1 aromatic rings. The molecule has 122 valence electrons. The van der Waals surface area contributed by atoms with E-state index < -0.39 is 17.7 Å². The first kappa shape index (κ1) is 18.1. The minimum absolute atomic E-state index is 0.0425. The molecule has 2 N–H and O–H groups in total. The molecule has 0 saturated carbocycles. The van der Waals surface area contributed by atoms with Crippen LogP contribution in [0.3, 0.4) is 0 Å². The van der Waals surface area contributed by atoms with Crippen molar-refractivity contribution in [3.8, 4) is 12.1 Å². The van der Waals surface area contributed by atoms with Gasteiger partial charge in [0.2, 0.25) is 11.8 Å². The molecule has 0 radical (unpaired) electrons. The first-order valence-electron chi connectivity index (χ1n) is 6.99.